The summed E-state index contributed by atoms with van der Waals surface area (Å²) in [5, 5.41) is 4.09. The number of benzene rings is 1. The molecule has 1 saturated heterocycles. The predicted molar refractivity (Wildman–Crippen MR) is 96.2 cm³/mol. The molecule has 2 aromatic rings. The third-order valence-electron chi connectivity index (χ3n) is 4.31. The van der Waals surface area contributed by atoms with E-state index in [0.717, 1.165) is 43.6 Å². The van der Waals surface area contributed by atoms with E-state index in [-0.39, 0.29) is 0 Å². The van der Waals surface area contributed by atoms with E-state index < -0.39 is 0 Å². The predicted octanol–water partition coefficient (Wildman–Crippen LogP) is 2.78. The quantitative estimate of drug-likeness (QED) is 0.872. The molecular weight excluding hydrogens is 306 g/mol. The summed E-state index contributed by atoms with van der Waals surface area (Å²) in [4.78, 5) is 4.74. The van der Waals surface area contributed by atoms with E-state index in [2.05, 4.69) is 46.3 Å². The third-order valence-corrected chi connectivity index (χ3v) is 4.71. The molecule has 0 bridgehead atoms. The zero-order valence-electron chi connectivity index (χ0n) is 13.5. The third kappa shape index (κ3) is 4.33. The number of hydrogen-bond donors (Lipinski definition) is 1. The average Bonchev–Trinajstić information content (AvgIpc) is 3.09. The minimum absolute atomic E-state index is 0.648. The molecule has 1 fully saturated rings. The van der Waals surface area contributed by atoms with Crippen LogP contribution in [0, 0.1) is 6.92 Å². The SMILES string of the molecule is Cc1ccccc1CN1CCN(C(=S)NCc2ccco2)CC1. The highest BCUT2D eigenvalue weighted by atomic mass is 32.1. The van der Waals surface area contributed by atoms with Crippen molar-refractivity contribution in [3.8, 4) is 0 Å². The van der Waals surface area contributed by atoms with E-state index in [0.29, 0.717) is 6.54 Å². The van der Waals surface area contributed by atoms with Crippen LogP contribution in [0.15, 0.2) is 47.1 Å². The first kappa shape index (κ1) is 16.0. The van der Waals surface area contributed by atoms with Crippen LogP contribution in [0.2, 0.25) is 0 Å². The molecule has 0 radical (unpaired) electrons. The van der Waals surface area contributed by atoms with Crippen molar-refractivity contribution in [1.82, 2.24) is 15.1 Å². The molecule has 1 aromatic heterocycles. The van der Waals surface area contributed by atoms with E-state index in [1.54, 1.807) is 6.26 Å². The second-order valence-corrected chi connectivity index (χ2v) is 6.31. The van der Waals surface area contributed by atoms with Crippen LogP contribution in [-0.4, -0.2) is 41.1 Å². The molecule has 1 aliphatic heterocycles. The molecule has 0 saturated carbocycles. The molecule has 4 nitrogen and oxygen atoms in total. The van der Waals surface area contributed by atoms with Gasteiger partial charge in [-0.3, -0.25) is 4.90 Å². The Morgan fingerprint density at radius 2 is 1.91 bits per heavy atom. The summed E-state index contributed by atoms with van der Waals surface area (Å²) in [6.45, 7) is 7.86. The number of thiocarbonyl (C=S) groups is 1. The summed E-state index contributed by atoms with van der Waals surface area (Å²) in [5.41, 5.74) is 2.78. The number of furan rings is 1. The fourth-order valence-electron chi connectivity index (χ4n) is 2.83. The van der Waals surface area contributed by atoms with E-state index >= 15 is 0 Å². The van der Waals surface area contributed by atoms with Gasteiger partial charge in [-0.1, -0.05) is 24.3 Å². The smallest absolute Gasteiger partial charge is 0.169 e. The van der Waals surface area contributed by atoms with Gasteiger partial charge in [-0.25, -0.2) is 0 Å². The lowest BCUT2D eigenvalue weighted by molar-refractivity contribution is 0.174. The Morgan fingerprint density at radius 3 is 2.61 bits per heavy atom. The van der Waals surface area contributed by atoms with Gasteiger partial charge in [0.25, 0.3) is 0 Å². The van der Waals surface area contributed by atoms with E-state index in [9.17, 15) is 0 Å². The number of aryl methyl sites for hydroxylation is 1. The van der Waals surface area contributed by atoms with Crippen molar-refractivity contribution in [2.24, 2.45) is 0 Å². The Hall–Kier alpha value is -1.85. The molecule has 0 spiro atoms. The van der Waals surface area contributed by atoms with Crippen LogP contribution in [0.3, 0.4) is 0 Å². The Kier molecular flexibility index (Phi) is 5.31. The van der Waals surface area contributed by atoms with Crippen LogP contribution in [0.25, 0.3) is 0 Å². The normalized spacial score (nSPS) is 15.6. The highest BCUT2D eigenvalue weighted by molar-refractivity contribution is 7.80. The van der Waals surface area contributed by atoms with Crippen molar-refractivity contribution in [2.75, 3.05) is 26.2 Å². The van der Waals surface area contributed by atoms with Gasteiger partial charge in [0.2, 0.25) is 0 Å². The molecule has 1 aliphatic rings. The maximum Gasteiger partial charge on any atom is 0.169 e. The lowest BCUT2D eigenvalue weighted by Crippen LogP contribution is -2.51. The maximum atomic E-state index is 5.49. The first-order valence-corrected chi connectivity index (χ1v) is 8.45. The second kappa shape index (κ2) is 7.62. The van der Waals surface area contributed by atoms with E-state index in [4.69, 9.17) is 16.6 Å². The number of nitrogens with zero attached hydrogens (tertiary/aromatic N) is 2. The maximum absolute atomic E-state index is 5.49. The van der Waals surface area contributed by atoms with E-state index in [1.165, 1.54) is 11.1 Å². The lowest BCUT2D eigenvalue weighted by atomic mass is 10.1. The number of piperazine rings is 1. The van der Waals surface area contributed by atoms with Crippen LogP contribution < -0.4 is 5.32 Å². The molecule has 122 valence electrons. The number of nitrogens with one attached hydrogen (secondary N) is 1. The van der Waals surface area contributed by atoms with E-state index in [1.807, 2.05) is 12.1 Å². The van der Waals surface area contributed by atoms with Crippen LogP contribution >= 0.6 is 12.2 Å². The first-order valence-electron chi connectivity index (χ1n) is 8.04. The topological polar surface area (TPSA) is 31.6 Å². The van der Waals surface area contributed by atoms with Crippen LogP contribution in [0.1, 0.15) is 16.9 Å². The minimum atomic E-state index is 0.648. The van der Waals surface area contributed by atoms with Gasteiger partial charge in [0.15, 0.2) is 5.11 Å². The van der Waals surface area contributed by atoms with Crippen LogP contribution in [0.4, 0.5) is 0 Å². The molecular formula is C18H23N3OS. The number of hydrogen-bond acceptors (Lipinski definition) is 3. The molecule has 1 aromatic carbocycles. The van der Waals surface area contributed by atoms with Crippen molar-refractivity contribution >= 4 is 17.3 Å². The van der Waals surface area contributed by atoms with Crippen LogP contribution in [-0.2, 0) is 13.1 Å². The zero-order valence-corrected chi connectivity index (χ0v) is 14.3. The number of rotatable bonds is 4. The van der Waals surface area contributed by atoms with Crippen LogP contribution in [0.5, 0.6) is 0 Å². The molecule has 2 heterocycles. The Bertz CT molecular complexity index is 633. The van der Waals surface area contributed by atoms with Gasteiger partial charge in [0, 0.05) is 32.7 Å². The van der Waals surface area contributed by atoms with Gasteiger partial charge in [0.1, 0.15) is 5.76 Å². The van der Waals surface area contributed by atoms with Crippen molar-refractivity contribution in [1.29, 1.82) is 0 Å². The largest absolute Gasteiger partial charge is 0.467 e. The van der Waals surface area contributed by atoms with Gasteiger partial charge >= 0.3 is 0 Å². The van der Waals surface area contributed by atoms with Crippen molar-refractivity contribution < 1.29 is 4.42 Å². The first-order chi connectivity index (χ1) is 11.2. The zero-order chi connectivity index (χ0) is 16.1. The van der Waals surface area contributed by atoms with Gasteiger partial charge < -0.3 is 14.6 Å². The molecule has 1 N–H and O–H groups in total. The molecule has 5 heteroatoms. The highest BCUT2D eigenvalue weighted by Crippen LogP contribution is 2.12. The standard InChI is InChI=1S/C18H23N3OS/c1-15-5-2-3-6-16(15)14-20-8-10-21(11-9-20)18(23)19-13-17-7-4-12-22-17/h2-7,12H,8-11,13-14H2,1H3,(H,19,23). The monoisotopic (exact) mass is 329 g/mol. The summed E-state index contributed by atoms with van der Waals surface area (Å²) >= 11 is 5.49. The van der Waals surface area contributed by atoms with Gasteiger partial charge in [-0.15, -0.1) is 0 Å². The highest BCUT2D eigenvalue weighted by Gasteiger charge is 2.19. The Morgan fingerprint density at radius 1 is 1.13 bits per heavy atom. The molecule has 23 heavy (non-hydrogen) atoms. The molecule has 3 rings (SSSR count). The summed E-state index contributed by atoms with van der Waals surface area (Å²) in [6.07, 6.45) is 1.68. The van der Waals surface area contributed by atoms with Gasteiger partial charge in [-0.05, 0) is 42.4 Å². The average molecular weight is 329 g/mol. The molecule has 0 amide bonds. The Balaban J connectivity index is 1.44. The molecule has 0 unspecified atom stereocenters. The van der Waals surface area contributed by atoms with Gasteiger partial charge in [-0.2, -0.15) is 0 Å². The second-order valence-electron chi connectivity index (χ2n) is 5.93. The fraction of sp³-hybridized carbons (Fsp3) is 0.389. The minimum Gasteiger partial charge on any atom is -0.467 e. The Labute approximate surface area is 143 Å². The molecule has 0 aliphatic carbocycles. The summed E-state index contributed by atoms with van der Waals surface area (Å²) in [5.74, 6) is 0.908. The summed E-state index contributed by atoms with van der Waals surface area (Å²) in [7, 11) is 0. The van der Waals surface area contributed by atoms with Crippen molar-refractivity contribution in [2.45, 2.75) is 20.0 Å². The fourth-order valence-corrected chi connectivity index (χ4v) is 3.08. The summed E-state index contributed by atoms with van der Waals surface area (Å²) in [6, 6.07) is 12.5. The van der Waals surface area contributed by atoms with Crippen molar-refractivity contribution in [3.63, 3.8) is 0 Å². The lowest BCUT2D eigenvalue weighted by Gasteiger charge is -2.36. The van der Waals surface area contributed by atoms with Gasteiger partial charge in [0.05, 0.1) is 12.8 Å². The molecule has 0 atom stereocenters. The summed E-state index contributed by atoms with van der Waals surface area (Å²) < 4.78 is 5.32. The van der Waals surface area contributed by atoms with Crippen molar-refractivity contribution in [3.05, 3.63) is 59.5 Å².